The molecule has 0 fully saturated rings. The quantitative estimate of drug-likeness (QED) is 0.592. The van der Waals surface area contributed by atoms with Crippen LogP contribution in [0.2, 0.25) is 0 Å². The van der Waals surface area contributed by atoms with Gasteiger partial charge in [-0.05, 0) is 35.9 Å². The van der Waals surface area contributed by atoms with Gasteiger partial charge < -0.3 is 14.4 Å². The average Bonchev–Trinajstić information content (AvgIpc) is 2.64. The molecule has 2 rings (SSSR count). The van der Waals surface area contributed by atoms with Gasteiger partial charge in [-0.15, -0.1) is 0 Å². The zero-order valence-electron chi connectivity index (χ0n) is 16.2. The maximum Gasteiger partial charge on any atom is 0.243 e. The lowest BCUT2D eigenvalue weighted by Gasteiger charge is -2.25. The third-order valence-electron chi connectivity index (χ3n) is 4.07. The van der Waals surface area contributed by atoms with Crippen LogP contribution in [-0.4, -0.2) is 53.3 Å². The normalized spacial score (nSPS) is 11.0. The fourth-order valence-electron chi connectivity index (χ4n) is 2.62. The van der Waals surface area contributed by atoms with E-state index in [0.717, 1.165) is 20.6 Å². The first-order valence-corrected chi connectivity index (χ1v) is 11.0. The second-order valence-corrected chi connectivity index (χ2v) is 9.01. The van der Waals surface area contributed by atoms with Gasteiger partial charge in [0.1, 0.15) is 6.54 Å². The number of likely N-dealkylation sites (N-methyl/N-ethyl adjacent to an activating group) is 1. The Morgan fingerprint density at radius 3 is 2.32 bits per heavy atom. The fraction of sp³-hybridized carbons (Fsp3) is 0.316. The largest absolute Gasteiger partial charge is 0.493 e. The van der Waals surface area contributed by atoms with Gasteiger partial charge in [0.2, 0.25) is 15.9 Å². The van der Waals surface area contributed by atoms with Crippen molar-refractivity contribution < 1.29 is 22.7 Å². The van der Waals surface area contributed by atoms with Gasteiger partial charge in [0, 0.05) is 18.1 Å². The maximum atomic E-state index is 12.7. The van der Waals surface area contributed by atoms with Crippen molar-refractivity contribution in [1.29, 1.82) is 0 Å². The number of nitrogens with zero attached hydrogens (tertiary/aromatic N) is 2. The maximum absolute atomic E-state index is 12.7. The Kier molecular flexibility index (Phi) is 7.31. The number of ether oxygens (including phenoxy) is 2. The van der Waals surface area contributed by atoms with Crippen molar-refractivity contribution in [2.75, 3.05) is 38.4 Å². The van der Waals surface area contributed by atoms with Crippen LogP contribution in [0.3, 0.4) is 0 Å². The number of methoxy groups -OCH3 is 2. The van der Waals surface area contributed by atoms with Gasteiger partial charge in [0.15, 0.2) is 11.5 Å². The van der Waals surface area contributed by atoms with Crippen molar-refractivity contribution in [2.24, 2.45) is 0 Å². The number of hydrogen-bond acceptors (Lipinski definition) is 5. The highest BCUT2D eigenvalue weighted by Crippen LogP contribution is 2.28. The molecular formula is C19H23BrN2O5S. The lowest BCUT2D eigenvalue weighted by atomic mass is 10.2. The van der Waals surface area contributed by atoms with Crippen molar-refractivity contribution in [3.63, 3.8) is 0 Å². The van der Waals surface area contributed by atoms with E-state index in [4.69, 9.17) is 9.47 Å². The molecule has 152 valence electrons. The molecule has 0 atom stereocenters. The molecule has 0 aliphatic carbocycles. The molecule has 0 unspecified atom stereocenters. The van der Waals surface area contributed by atoms with Gasteiger partial charge in [-0.2, -0.15) is 0 Å². The van der Waals surface area contributed by atoms with E-state index in [1.807, 2.05) is 6.07 Å². The monoisotopic (exact) mass is 470 g/mol. The van der Waals surface area contributed by atoms with E-state index in [1.54, 1.807) is 57.7 Å². The Morgan fingerprint density at radius 2 is 1.75 bits per heavy atom. The molecule has 0 saturated carbocycles. The van der Waals surface area contributed by atoms with E-state index in [0.29, 0.717) is 23.7 Å². The molecule has 9 heteroatoms. The van der Waals surface area contributed by atoms with Crippen molar-refractivity contribution in [3.8, 4) is 11.5 Å². The first-order valence-electron chi connectivity index (χ1n) is 8.34. The molecule has 28 heavy (non-hydrogen) atoms. The SMILES string of the molecule is COc1ccc(CN(C)C(=O)CN(c2cccc(Br)c2)S(C)(=O)=O)cc1OC. The van der Waals surface area contributed by atoms with E-state index < -0.39 is 10.0 Å². The minimum absolute atomic E-state index is 0.293. The Bertz CT molecular complexity index is 949. The molecule has 0 bridgehead atoms. The van der Waals surface area contributed by atoms with E-state index in [2.05, 4.69) is 15.9 Å². The highest BCUT2D eigenvalue weighted by molar-refractivity contribution is 9.10. The summed E-state index contributed by atoms with van der Waals surface area (Å²) in [5, 5.41) is 0. The van der Waals surface area contributed by atoms with Crippen molar-refractivity contribution in [2.45, 2.75) is 6.54 Å². The van der Waals surface area contributed by atoms with Crippen LogP contribution < -0.4 is 13.8 Å². The van der Waals surface area contributed by atoms with Gasteiger partial charge in [0.05, 0.1) is 26.2 Å². The predicted octanol–water partition coefficient (Wildman–Crippen LogP) is 2.89. The number of carbonyl (C=O) groups excluding carboxylic acids is 1. The molecule has 0 heterocycles. The van der Waals surface area contributed by atoms with Crippen molar-refractivity contribution in [3.05, 3.63) is 52.5 Å². The molecule has 7 nitrogen and oxygen atoms in total. The smallest absolute Gasteiger partial charge is 0.243 e. The second kappa shape index (κ2) is 9.29. The Morgan fingerprint density at radius 1 is 1.07 bits per heavy atom. The molecule has 0 aliphatic heterocycles. The van der Waals surface area contributed by atoms with Crippen LogP contribution in [0, 0.1) is 0 Å². The summed E-state index contributed by atoms with van der Waals surface area (Å²) in [6.07, 6.45) is 1.08. The summed E-state index contributed by atoms with van der Waals surface area (Å²) in [5.74, 6) is 0.825. The first-order chi connectivity index (χ1) is 13.2. The van der Waals surface area contributed by atoms with Gasteiger partial charge in [-0.1, -0.05) is 28.1 Å². The molecule has 0 N–H and O–H groups in total. The average molecular weight is 471 g/mol. The molecule has 0 saturated heterocycles. The van der Waals surface area contributed by atoms with E-state index in [-0.39, 0.29) is 12.5 Å². The highest BCUT2D eigenvalue weighted by atomic mass is 79.9. The molecule has 0 aromatic heterocycles. The van der Waals surface area contributed by atoms with Crippen molar-refractivity contribution in [1.82, 2.24) is 4.90 Å². The number of halogens is 1. The lowest BCUT2D eigenvalue weighted by Crippen LogP contribution is -2.41. The Balaban J connectivity index is 2.17. The fourth-order valence-corrected chi connectivity index (χ4v) is 3.84. The lowest BCUT2D eigenvalue weighted by molar-refractivity contribution is -0.128. The number of amides is 1. The Hall–Kier alpha value is -2.26. The topological polar surface area (TPSA) is 76.2 Å². The molecular weight excluding hydrogens is 448 g/mol. The van der Waals surface area contributed by atoms with Crippen LogP contribution in [0.4, 0.5) is 5.69 Å². The molecule has 0 aliphatic rings. The van der Waals surface area contributed by atoms with Crippen LogP contribution in [0.5, 0.6) is 11.5 Å². The number of hydrogen-bond donors (Lipinski definition) is 0. The van der Waals surface area contributed by atoms with Crippen LogP contribution >= 0.6 is 15.9 Å². The Labute approximate surface area is 174 Å². The van der Waals surface area contributed by atoms with Gasteiger partial charge in [-0.3, -0.25) is 9.10 Å². The van der Waals surface area contributed by atoms with Gasteiger partial charge in [0.25, 0.3) is 0 Å². The third-order valence-corrected chi connectivity index (χ3v) is 5.70. The van der Waals surface area contributed by atoms with E-state index in [1.165, 1.54) is 4.90 Å². The summed E-state index contributed by atoms with van der Waals surface area (Å²) < 4.78 is 36.7. The highest BCUT2D eigenvalue weighted by Gasteiger charge is 2.23. The zero-order chi connectivity index (χ0) is 20.9. The minimum Gasteiger partial charge on any atom is -0.493 e. The summed E-state index contributed by atoms with van der Waals surface area (Å²) in [6.45, 7) is 0.00828. The standard InChI is InChI=1S/C19H23BrN2O5S/c1-21(12-14-8-9-17(26-2)18(10-14)27-3)19(23)13-22(28(4,24)25)16-7-5-6-15(20)11-16/h5-11H,12-13H2,1-4H3. The summed E-state index contributed by atoms with van der Waals surface area (Å²) in [4.78, 5) is 14.2. The zero-order valence-corrected chi connectivity index (χ0v) is 18.6. The van der Waals surface area contributed by atoms with E-state index >= 15 is 0 Å². The second-order valence-electron chi connectivity index (χ2n) is 6.19. The molecule has 0 radical (unpaired) electrons. The molecule has 2 aromatic rings. The summed E-state index contributed by atoms with van der Waals surface area (Å²) >= 11 is 3.32. The number of rotatable bonds is 8. The molecule has 1 amide bonds. The minimum atomic E-state index is -3.63. The third kappa shape index (κ3) is 5.62. The van der Waals surface area contributed by atoms with Gasteiger partial charge >= 0.3 is 0 Å². The van der Waals surface area contributed by atoms with Crippen LogP contribution in [-0.2, 0) is 21.4 Å². The van der Waals surface area contributed by atoms with E-state index in [9.17, 15) is 13.2 Å². The summed E-state index contributed by atoms with van der Waals surface area (Å²) in [5.41, 5.74) is 1.26. The molecule has 2 aromatic carbocycles. The number of carbonyl (C=O) groups is 1. The summed E-state index contributed by atoms with van der Waals surface area (Å²) in [6, 6.07) is 12.2. The van der Waals surface area contributed by atoms with Gasteiger partial charge in [-0.25, -0.2) is 8.42 Å². The molecule has 0 spiro atoms. The van der Waals surface area contributed by atoms with Crippen LogP contribution in [0.25, 0.3) is 0 Å². The first kappa shape index (κ1) is 22.0. The van der Waals surface area contributed by atoms with Crippen LogP contribution in [0.1, 0.15) is 5.56 Å². The number of anilines is 1. The summed E-state index contributed by atoms with van der Waals surface area (Å²) in [7, 11) is 1.09. The number of sulfonamides is 1. The van der Waals surface area contributed by atoms with Crippen molar-refractivity contribution >= 4 is 37.5 Å². The predicted molar refractivity (Wildman–Crippen MR) is 112 cm³/mol. The van der Waals surface area contributed by atoms with Crippen LogP contribution in [0.15, 0.2) is 46.9 Å². The number of benzene rings is 2.